The number of allylic oxidation sites excluding steroid dienone is 1. The van der Waals surface area contributed by atoms with Crippen LogP contribution in [-0.2, 0) is 11.2 Å². The first-order valence-corrected chi connectivity index (χ1v) is 5.10. The minimum atomic E-state index is 0.672. The van der Waals surface area contributed by atoms with Crippen LogP contribution in [0.5, 0.6) is 0 Å². The average molecular weight is 204 g/mol. The molecule has 0 aliphatic carbocycles. The highest BCUT2D eigenvalue weighted by Crippen LogP contribution is 2.31. The van der Waals surface area contributed by atoms with Crippen LogP contribution < -0.4 is 0 Å². The van der Waals surface area contributed by atoms with E-state index in [2.05, 4.69) is 0 Å². The summed E-state index contributed by atoms with van der Waals surface area (Å²) in [5.74, 6) is 0. The molecule has 0 fully saturated rings. The van der Waals surface area contributed by atoms with E-state index < -0.39 is 0 Å². The number of carbonyl (C=O) groups is 2. The van der Waals surface area contributed by atoms with E-state index in [1.54, 1.807) is 6.07 Å². The Bertz CT molecular complexity index is 421. The molecular formula is C11H8O2S. The van der Waals surface area contributed by atoms with Gasteiger partial charge in [0, 0.05) is 22.5 Å². The van der Waals surface area contributed by atoms with E-state index in [9.17, 15) is 9.59 Å². The molecule has 0 bridgehead atoms. The van der Waals surface area contributed by atoms with E-state index in [1.165, 1.54) is 11.8 Å². The smallest absolute Gasteiger partial charge is 0.150 e. The normalized spacial score (nSPS) is 14.1. The molecule has 0 spiro atoms. The first-order valence-electron chi connectivity index (χ1n) is 4.22. The minimum Gasteiger partial charge on any atom is -0.298 e. The van der Waals surface area contributed by atoms with Gasteiger partial charge in [0.05, 0.1) is 0 Å². The van der Waals surface area contributed by atoms with Gasteiger partial charge in [-0.25, -0.2) is 0 Å². The van der Waals surface area contributed by atoms with Crippen molar-refractivity contribution >= 4 is 24.3 Å². The first-order chi connectivity index (χ1) is 6.83. The van der Waals surface area contributed by atoms with Crippen LogP contribution in [0.15, 0.2) is 34.1 Å². The van der Waals surface area contributed by atoms with Crippen LogP contribution in [0.25, 0.3) is 0 Å². The molecule has 3 heteroatoms. The SMILES string of the molecule is O=CC1=CSc2cc(C=O)ccc2C1. The van der Waals surface area contributed by atoms with Crippen LogP contribution >= 0.6 is 11.8 Å². The number of carbonyl (C=O) groups excluding carboxylic acids is 2. The number of fused-ring (bicyclic) bond motifs is 1. The molecule has 2 rings (SSSR count). The zero-order valence-corrected chi connectivity index (χ0v) is 8.21. The number of thioether (sulfide) groups is 1. The summed E-state index contributed by atoms with van der Waals surface area (Å²) in [6.45, 7) is 0. The standard InChI is InChI=1S/C11H8O2S/c12-5-8-1-2-10-3-9(6-13)7-14-11(10)4-8/h1-2,4-7H,3H2. The zero-order valence-electron chi connectivity index (χ0n) is 7.40. The second-order valence-corrected chi connectivity index (χ2v) is 4.00. The van der Waals surface area contributed by atoms with Crippen LogP contribution in [0.3, 0.4) is 0 Å². The lowest BCUT2D eigenvalue weighted by Gasteiger charge is -2.12. The Labute approximate surface area is 86.0 Å². The van der Waals surface area contributed by atoms with Crippen molar-refractivity contribution in [3.63, 3.8) is 0 Å². The van der Waals surface area contributed by atoms with Gasteiger partial charge < -0.3 is 0 Å². The predicted octanol–water partition coefficient (Wildman–Crippen LogP) is 2.23. The molecule has 0 unspecified atom stereocenters. The van der Waals surface area contributed by atoms with E-state index in [1.807, 2.05) is 17.5 Å². The number of rotatable bonds is 2. The van der Waals surface area contributed by atoms with Crippen molar-refractivity contribution in [2.24, 2.45) is 0 Å². The summed E-state index contributed by atoms with van der Waals surface area (Å²) < 4.78 is 0. The van der Waals surface area contributed by atoms with Gasteiger partial charge in [0.1, 0.15) is 12.6 Å². The topological polar surface area (TPSA) is 34.1 Å². The third kappa shape index (κ3) is 1.63. The maximum atomic E-state index is 10.6. The Morgan fingerprint density at radius 3 is 2.79 bits per heavy atom. The molecule has 0 aromatic heterocycles. The van der Waals surface area contributed by atoms with Gasteiger partial charge in [-0.15, -0.1) is 0 Å². The number of hydrogen-bond donors (Lipinski definition) is 0. The predicted molar refractivity (Wildman–Crippen MR) is 55.5 cm³/mol. The Morgan fingerprint density at radius 1 is 1.21 bits per heavy atom. The molecule has 0 saturated heterocycles. The molecule has 1 aliphatic heterocycles. The summed E-state index contributed by atoms with van der Waals surface area (Å²) in [7, 11) is 0. The lowest BCUT2D eigenvalue weighted by atomic mass is 10.1. The highest BCUT2D eigenvalue weighted by molar-refractivity contribution is 8.02. The summed E-state index contributed by atoms with van der Waals surface area (Å²) in [6, 6.07) is 5.54. The Morgan fingerprint density at radius 2 is 2.07 bits per heavy atom. The van der Waals surface area contributed by atoms with E-state index >= 15 is 0 Å². The highest BCUT2D eigenvalue weighted by Gasteiger charge is 2.11. The van der Waals surface area contributed by atoms with Crippen molar-refractivity contribution in [2.45, 2.75) is 11.3 Å². The Hall–Kier alpha value is -1.35. The molecule has 1 aliphatic rings. The van der Waals surface area contributed by atoms with Crippen molar-refractivity contribution in [3.8, 4) is 0 Å². The maximum absolute atomic E-state index is 10.6. The second kappa shape index (κ2) is 3.80. The molecular weight excluding hydrogens is 196 g/mol. The molecule has 14 heavy (non-hydrogen) atoms. The number of benzene rings is 1. The van der Waals surface area contributed by atoms with Gasteiger partial charge in [0.25, 0.3) is 0 Å². The fourth-order valence-electron chi connectivity index (χ4n) is 1.37. The van der Waals surface area contributed by atoms with Gasteiger partial charge >= 0.3 is 0 Å². The summed E-state index contributed by atoms with van der Waals surface area (Å²) in [4.78, 5) is 22.2. The Balaban J connectivity index is 2.37. The Kier molecular flexibility index (Phi) is 2.50. The maximum Gasteiger partial charge on any atom is 0.150 e. The lowest BCUT2D eigenvalue weighted by molar-refractivity contribution is -0.105. The van der Waals surface area contributed by atoms with Gasteiger partial charge in [-0.05, 0) is 17.0 Å². The lowest BCUT2D eigenvalue weighted by Crippen LogP contribution is -1.98. The summed E-state index contributed by atoms with van der Waals surface area (Å²) >= 11 is 1.50. The van der Waals surface area contributed by atoms with Crippen LogP contribution in [0, 0.1) is 0 Å². The van der Waals surface area contributed by atoms with Gasteiger partial charge in [-0.3, -0.25) is 9.59 Å². The quantitative estimate of drug-likeness (QED) is 0.693. The molecule has 0 saturated carbocycles. The van der Waals surface area contributed by atoms with Gasteiger partial charge in [0.15, 0.2) is 0 Å². The number of aldehydes is 2. The van der Waals surface area contributed by atoms with E-state index in [0.29, 0.717) is 12.0 Å². The van der Waals surface area contributed by atoms with Crippen molar-refractivity contribution in [3.05, 3.63) is 40.3 Å². The minimum absolute atomic E-state index is 0.672. The molecule has 0 N–H and O–H groups in total. The van der Waals surface area contributed by atoms with Crippen molar-refractivity contribution in [2.75, 3.05) is 0 Å². The summed E-state index contributed by atoms with van der Waals surface area (Å²) in [5, 5.41) is 1.84. The van der Waals surface area contributed by atoms with Gasteiger partial charge in [-0.2, -0.15) is 0 Å². The molecule has 0 amide bonds. The second-order valence-electron chi connectivity index (χ2n) is 3.09. The molecule has 70 valence electrons. The fraction of sp³-hybridized carbons (Fsp3) is 0.0909. The molecule has 1 aromatic rings. The molecule has 0 atom stereocenters. The first kappa shape index (κ1) is 9.21. The molecule has 1 heterocycles. The third-order valence-electron chi connectivity index (χ3n) is 2.11. The molecule has 0 radical (unpaired) electrons. The monoisotopic (exact) mass is 204 g/mol. The molecule has 1 aromatic carbocycles. The van der Waals surface area contributed by atoms with Gasteiger partial charge in [0.2, 0.25) is 0 Å². The van der Waals surface area contributed by atoms with Gasteiger partial charge in [-0.1, -0.05) is 23.9 Å². The van der Waals surface area contributed by atoms with E-state index in [-0.39, 0.29) is 0 Å². The largest absolute Gasteiger partial charge is 0.298 e. The highest BCUT2D eigenvalue weighted by atomic mass is 32.2. The van der Waals surface area contributed by atoms with Crippen molar-refractivity contribution < 1.29 is 9.59 Å². The summed E-state index contributed by atoms with van der Waals surface area (Å²) in [5.41, 5.74) is 2.59. The van der Waals surface area contributed by atoms with Crippen LogP contribution in [-0.4, -0.2) is 12.6 Å². The van der Waals surface area contributed by atoms with Crippen molar-refractivity contribution in [1.82, 2.24) is 0 Å². The molecule has 2 nitrogen and oxygen atoms in total. The third-order valence-corrected chi connectivity index (χ3v) is 3.17. The fourth-order valence-corrected chi connectivity index (χ4v) is 2.28. The van der Waals surface area contributed by atoms with Crippen LogP contribution in [0.4, 0.5) is 0 Å². The summed E-state index contributed by atoms with van der Waals surface area (Å²) in [6.07, 6.45) is 2.38. The van der Waals surface area contributed by atoms with E-state index in [4.69, 9.17) is 0 Å². The average Bonchev–Trinajstić information content (AvgIpc) is 2.27. The van der Waals surface area contributed by atoms with Crippen LogP contribution in [0.2, 0.25) is 0 Å². The number of hydrogen-bond acceptors (Lipinski definition) is 3. The van der Waals surface area contributed by atoms with Crippen molar-refractivity contribution in [1.29, 1.82) is 0 Å². The van der Waals surface area contributed by atoms with E-state index in [0.717, 1.165) is 28.6 Å². The zero-order chi connectivity index (χ0) is 9.97. The van der Waals surface area contributed by atoms with Crippen LogP contribution in [0.1, 0.15) is 15.9 Å².